The highest BCUT2D eigenvalue weighted by Gasteiger charge is 2.24. The van der Waals surface area contributed by atoms with Crippen molar-refractivity contribution in [2.75, 3.05) is 38.8 Å². The van der Waals surface area contributed by atoms with Gasteiger partial charge in [0.2, 0.25) is 0 Å². The fourth-order valence-corrected chi connectivity index (χ4v) is 2.35. The van der Waals surface area contributed by atoms with Gasteiger partial charge >= 0.3 is 0 Å². The Morgan fingerprint density at radius 2 is 2.24 bits per heavy atom. The summed E-state index contributed by atoms with van der Waals surface area (Å²) >= 11 is 0. The molecule has 0 amide bonds. The molecule has 0 aliphatic carbocycles. The van der Waals surface area contributed by atoms with E-state index >= 15 is 0 Å². The fourth-order valence-electron chi connectivity index (χ4n) is 2.35. The Balaban J connectivity index is 2.14. The van der Waals surface area contributed by atoms with Crippen molar-refractivity contribution in [3.05, 3.63) is 18.2 Å². The van der Waals surface area contributed by atoms with Gasteiger partial charge in [0.1, 0.15) is 11.5 Å². The van der Waals surface area contributed by atoms with E-state index in [0.717, 1.165) is 37.6 Å². The molecule has 94 valence electrons. The predicted octanol–water partition coefficient (Wildman–Crippen LogP) is 1.87. The molecule has 0 radical (unpaired) electrons. The maximum atomic E-state index is 9.56. The number of hydrogen-bond acceptors (Lipinski definition) is 4. The molecule has 1 fully saturated rings. The van der Waals surface area contributed by atoms with Crippen LogP contribution in [-0.2, 0) is 4.74 Å². The van der Waals surface area contributed by atoms with Gasteiger partial charge in [-0.25, -0.2) is 0 Å². The molecule has 4 nitrogen and oxygen atoms in total. The number of benzene rings is 1. The lowest BCUT2D eigenvalue weighted by molar-refractivity contribution is 0.161. The summed E-state index contributed by atoms with van der Waals surface area (Å²) in [5.41, 5.74) is 0.964. The summed E-state index contributed by atoms with van der Waals surface area (Å²) in [6.45, 7) is 2.72. The maximum absolute atomic E-state index is 9.56. The van der Waals surface area contributed by atoms with Crippen LogP contribution in [0.25, 0.3) is 0 Å². The molecule has 0 aromatic heterocycles. The van der Waals surface area contributed by atoms with Crippen molar-refractivity contribution in [1.82, 2.24) is 0 Å². The van der Waals surface area contributed by atoms with Crippen LogP contribution in [0.4, 0.5) is 5.69 Å². The van der Waals surface area contributed by atoms with Gasteiger partial charge in [-0.15, -0.1) is 0 Å². The highest BCUT2D eigenvalue weighted by Crippen LogP contribution is 2.34. The van der Waals surface area contributed by atoms with Gasteiger partial charge in [-0.2, -0.15) is 0 Å². The van der Waals surface area contributed by atoms with Crippen molar-refractivity contribution >= 4 is 5.69 Å². The summed E-state index contributed by atoms with van der Waals surface area (Å²) in [6, 6.07) is 5.20. The molecule has 1 aromatic rings. The lowest BCUT2D eigenvalue weighted by Crippen LogP contribution is -2.21. The molecule has 1 atom stereocenters. The first-order valence-electron chi connectivity index (χ1n) is 5.85. The minimum atomic E-state index is 0.274. The molecule has 0 spiro atoms. The van der Waals surface area contributed by atoms with Crippen LogP contribution in [0.5, 0.6) is 11.5 Å². The van der Waals surface area contributed by atoms with Gasteiger partial charge in [0, 0.05) is 32.2 Å². The second kappa shape index (κ2) is 5.27. The number of phenolic OH excluding ortho intramolecular Hbond substituents is 1. The summed E-state index contributed by atoms with van der Waals surface area (Å²) in [7, 11) is 3.39. The zero-order valence-corrected chi connectivity index (χ0v) is 10.3. The summed E-state index contributed by atoms with van der Waals surface area (Å²) in [4.78, 5) is 2.24. The molecule has 17 heavy (non-hydrogen) atoms. The zero-order valence-electron chi connectivity index (χ0n) is 10.3. The van der Waals surface area contributed by atoms with Gasteiger partial charge in [0.15, 0.2) is 0 Å². The highest BCUT2D eigenvalue weighted by atomic mass is 16.5. The van der Waals surface area contributed by atoms with Gasteiger partial charge in [0.05, 0.1) is 19.4 Å². The molecule has 1 saturated heterocycles. The Bertz CT molecular complexity index is 381. The Labute approximate surface area is 102 Å². The van der Waals surface area contributed by atoms with Crippen LogP contribution in [-0.4, -0.2) is 39.0 Å². The lowest BCUT2D eigenvalue weighted by atomic mass is 10.1. The first-order chi connectivity index (χ1) is 8.24. The Morgan fingerprint density at radius 3 is 2.94 bits per heavy atom. The van der Waals surface area contributed by atoms with E-state index < -0.39 is 0 Å². The first kappa shape index (κ1) is 12.0. The van der Waals surface area contributed by atoms with Crippen molar-refractivity contribution in [3.63, 3.8) is 0 Å². The number of ether oxygens (including phenoxy) is 2. The molecular formula is C13H19NO3. The third-order valence-corrected chi connectivity index (χ3v) is 3.19. The van der Waals surface area contributed by atoms with E-state index in [-0.39, 0.29) is 5.75 Å². The molecule has 1 aromatic carbocycles. The van der Waals surface area contributed by atoms with Crippen LogP contribution in [0.2, 0.25) is 0 Å². The van der Waals surface area contributed by atoms with Crippen LogP contribution in [0, 0.1) is 5.92 Å². The summed E-state index contributed by atoms with van der Waals surface area (Å²) in [5, 5.41) is 9.56. The van der Waals surface area contributed by atoms with Gasteiger partial charge < -0.3 is 19.5 Å². The topological polar surface area (TPSA) is 41.9 Å². The third-order valence-electron chi connectivity index (χ3n) is 3.19. The summed E-state index contributed by atoms with van der Waals surface area (Å²) in [5.74, 6) is 1.64. The number of methoxy groups -OCH3 is 2. The molecule has 1 N–H and O–H groups in total. The minimum Gasteiger partial charge on any atom is -0.508 e. The van der Waals surface area contributed by atoms with Crippen molar-refractivity contribution in [1.29, 1.82) is 0 Å². The SMILES string of the molecule is COCC1CCN(c2cc(O)ccc2OC)C1. The zero-order chi connectivity index (χ0) is 12.3. The quantitative estimate of drug-likeness (QED) is 0.868. The van der Waals surface area contributed by atoms with Crippen LogP contribution >= 0.6 is 0 Å². The van der Waals surface area contributed by atoms with Crippen LogP contribution in [0.3, 0.4) is 0 Å². The number of phenols is 1. The van der Waals surface area contributed by atoms with Crippen LogP contribution < -0.4 is 9.64 Å². The average Bonchev–Trinajstić information content (AvgIpc) is 2.78. The van der Waals surface area contributed by atoms with E-state index in [1.54, 1.807) is 32.4 Å². The normalized spacial score (nSPS) is 19.6. The Morgan fingerprint density at radius 1 is 1.41 bits per heavy atom. The van der Waals surface area contributed by atoms with E-state index in [0.29, 0.717) is 5.92 Å². The molecule has 0 saturated carbocycles. The van der Waals surface area contributed by atoms with E-state index in [2.05, 4.69) is 4.90 Å². The summed E-state index contributed by atoms with van der Waals surface area (Å²) in [6.07, 6.45) is 1.12. The van der Waals surface area contributed by atoms with E-state index in [9.17, 15) is 5.11 Å². The standard InChI is InChI=1S/C13H19NO3/c1-16-9-10-5-6-14(8-10)12-7-11(15)3-4-13(12)17-2/h3-4,7,10,15H,5-6,8-9H2,1-2H3. The number of aromatic hydroxyl groups is 1. The van der Waals surface area contributed by atoms with Gasteiger partial charge in [-0.05, 0) is 18.6 Å². The average molecular weight is 237 g/mol. The molecule has 0 bridgehead atoms. The molecular weight excluding hydrogens is 218 g/mol. The maximum Gasteiger partial charge on any atom is 0.142 e. The van der Waals surface area contributed by atoms with Crippen molar-refractivity contribution in [2.45, 2.75) is 6.42 Å². The fraction of sp³-hybridized carbons (Fsp3) is 0.538. The first-order valence-corrected chi connectivity index (χ1v) is 5.85. The highest BCUT2D eigenvalue weighted by molar-refractivity contribution is 5.61. The second-order valence-corrected chi connectivity index (χ2v) is 4.41. The lowest BCUT2D eigenvalue weighted by Gasteiger charge is -2.21. The minimum absolute atomic E-state index is 0.274. The Hall–Kier alpha value is -1.42. The van der Waals surface area contributed by atoms with Gasteiger partial charge in [0.25, 0.3) is 0 Å². The number of hydrogen-bond donors (Lipinski definition) is 1. The van der Waals surface area contributed by atoms with Crippen LogP contribution in [0.15, 0.2) is 18.2 Å². The largest absolute Gasteiger partial charge is 0.508 e. The number of rotatable bonds is 4. The van der Waals surface area contributed by atoms with Crippen LogP contribution in [0.1, 0.15) is 6.42 Å². The van der Waals surface area contributed by atoms with Crippen molar-refractivity contribution in [3.8, 4) is 11.5 Å². The third kappa shape index (κ3) is 2.64. The van der Waals surface area contributed by atoms with Crippen molar-refractivity contribution in [2.24, 2.45) is 5.92 Å². The molecule has 1 heterocycles. The Kier molecular flexibility index (Phi) is 3.74. The van der Waals surface area contributed by atoms with E-state index in [1.165, 1.54) is 0 Å². The molecule has 1 aliphatic heterocycles. The van der Waals surface area contributed by atoms with E-state index in [1.807, 2.05) is 0 Å². The predicted molar refractivity (Wildman–Crippen MR) is 66.9 cm³/mol. The van der Waals surface area contributed by atoms with E-state index in [4.69, 9.17) is 9.47 Å². The van der Waals surface area contributed by atoms with Crippen molar-refractivity contribution < 1.29 is 14.6 Å². The monoisotopic (exact) mass is 237 g/mol. The van der Waals surface area contributed by atoms with Gasteiger partial charge in [-0.3, -0.25) is 0 Å². The molecule has 4 heteroatoms. The second-order valence-electron chi connectivity index (χ2n) is 4.41. The molecule has 2 rings (SSSR count). The number of nitrogens with zero attached hydrogens (tertiary/aromatic N) is 1. The molecule has 1 aliphatic rings. The smallest absolute Gasteiger partial charge is 0.142 e. The molecule has 1 unspecified atom stereocenters. The van der Waals surface area contributed by atoms with Gasteiger partial charge in [-0.1, -0.05) is 0 Å². The summed E-state index contributed by atoms with van der Waals surface area (Å²) < 4.78 is 10.5. The number of anilines is 1.